The molecule has 2 aliphatic heterocycles. The fourth-order valence-electron chi connectivity index (χ4n) is 4.54. The van der Waals surface area contributed by atoms with Crippen molar-refractivity contribution < 1.29 is 27.4 Å². The van der Waals surface area contributed by atoms with E-state index < -0.39 is 15.6 Å². The Balaban J connectivity index is 1.56. The predicted molar refractivity (Wildman–Crippen MR) is 121 cm³/mol. The van der Waals surface area contributed by atoms with E-state index in [1.165, 1.54) is 30.7 Å². The highest BCUT2D eigenvalue weighted by Gasteiger charge is 2.45. The van der Waals surface area contributed by atoms with Crippen LogP contribution in [0.2, 0.25) is 5.02 Å². The summed E-state index contributed by atoms with van der Waals surface area (Å²) in [5.74, 6) is 1.34. The van der Waals surface area contributed by atoms with E-state index in [-0.39, 0.29) is 30.2 Å². The van der Waals surface area contributed by atoms with E-state index >= 15 is 0 Å². The van der Waals surface area contributed by atoms with Crippen molar-refractivity contribution >= 4 is 27.4 Å². The maximum absolute atomic E-state index is 13.2. The van der Waals surface area contributed by atoms with E-state index in [2.05, 4.69) is 0 Å². The fraction of sp³-hybridized carbons (Fsp3) is 0.435. The van der Waals surface area contributed by atoms with Gasteiger partial charge in [0.1, 0.15) is 11.4 Å². The number of sulfonamides is 1. The molecule has 32 heavy (non-hydrogen) atoms. The minimum atomic E-state index is -3.73. The average Bonchev–Trinajstić information content (AvgIpc) is 2.76. The smallest absolute Gasteiger partial charge is 0.243 e. The third-order valence-electron chi connectivity index (χ3n) is 6.36. The van der Waals surface area contributed by atoms with Crippen molar-refractivity contribution in [2.24, 2.45) is 0 Å². The summed E-state index contributed by atoms with van der Waals surface area (Å²) >= 11 is 6.33. The molecule has 1 saturated heterocycles. The lowest BCUT2D eigenvalue weighted by atomic mass is 9.82. The highest BCUT2D eigenvalue weighted by Crippen LogP contribution is 2.43. The van der Waals surface area contributed by atoms with Gasteiger partial charge in [0.15, 0.2) is 17.3 Å². The third-order valence-corrected chi connectivity index (χ3v) is 8.84. The molecule has 0 N–H and O–H groups in total. The number of ketones is 1. The van der Waals surface area contributed by atoms with Crippen molar-refractivity contribution in [3.8, 4) is 17.2 Å². The van der Waals surface area contributed by atoms with Crippen LogP contribution in [0.15, 0.2) is 29.2 Å². The molecule has 1 spiro atoms. The van der Waals surface area contributed by atoms with Gasteiger partial charge in [-0.15, -0.1) is 0 Å². The van der Waals surface area contributed by atoms with Crippen LogP contribution in [-0.2, 0) is 10.0 Å². The van der Waals surface area contributed by atoms with E-state index in [1.54, 1.807) is 12.1 Å². The molecule has 2 aromatic rings. The van der Waals surface area contributed by atoms with Crippen LogP contribution in [0.25, 0.3) is 0 Å². The number of Topliss-reactive ketones (excluding diaryl/α,β-unsaturated/α-hetero) is 1. The molecule has 0 aliphatic carbocycles. The zero-order chi connectivity index (χ0) is 23.3. The highest BCUT2D eigenvalue weighted by molar-refractivity contribution is 7.89. The first-order valence-electron chi connectivity index (χ1n) is 10.4. The number of fused-ring (bicyclic) bond motifs is 1. The molecule has 0 unspecified atom stereocenters. The lowest BCUT2D eigenvalue weighted by Gasteiger charge is -2.43. The van der Waals surface area contributed by atoms with Gasteiger partial charge in [0.2, 0.25) is 10.0 Å². The van der Waals surface area contributed by atoms with Crippen molar-refractivity contribution in [3.05, 3.63) is 46.0 Å². The molecule has 1 fully saturated rings. The summed E-state index contributed by atoms with van der Waals surface area (Å²) in [7, 11) is -0.768. The molecule has 7 nitrogen and oxygen atoms in total. The third kappa shape index (κ3) is 3.74. The second-order valence-electron chi connectivity index (χ2n) is 8.31. The van der Waals surface area contributed by atoms with Gasteiger partial charge in [0.05, 0.1) is 31.1 Å². The number of methoxy groups -OCH3 is 2. The van der Waals surface area contributed by atoms with Gasteiger partial charge in [-0.25, -0.2) is 8.42 Å². The molecule has 9 heteroatoms. The number of carbonyl (C=O) groups excluding carboxylic acids is 1. The predicted octanol–water partition coefficient (Wildman–Crippen LogP) is 4.16. The van der Waals surface area contributed by atoms with Crippen molar-refractivity contribution in [3.63, 3.8) is 0 Å². The number of piperidine rings is 1. The van der Waals surface area contributed by atoms with Crippen LogP contribution in [0.4, 0.5) is 0 Å². The van der Waals surface area contributed by atoms with Crippen LogP contribution >= 0.6 is 11.6 Å². The average molecular weight is 480 g/mol. The zero-order valence-electron chi connectivity index (χ0n) is 18.5. The first kappa shape index (κ1) is 22.9. The topological polar surface area (TPSA) is 82.1 Å². The van der Waals surface area contributed by atoms with Crippen molar-refractivity contribution in [2.75, 3.05) is 27.3 Å². The van der Waals surface area contributed by atoms with Gasteiger partial charge in [-0.3, -0.25) is 4.79 Å². The van der Waals surface area contributed by atoms with Crippen LogP contribution in [0.1, 0.15) is 40.7 Å². The van der Waals surface area contributed by atoms with Gasteiger partial charge >= 0.3 is 0 Å². The molecule has 0 radical (unpaired) electrons. The first-order chi connectivity index (χ1) is 15.1. The van der Waals surface area contributed by atoms with E-state index in [9.17, 15) is 13.2 Å². The van der Waals surface area contributed by atoms with Gasteiger partial charge in [-0.2, -0.15) is 4.31 Å². The van der Waals surface area contributed by atoms with Gasteiger partial charge < -0.3 is 14.2 Å². The Morgan fingerprint density at radius 3 is 2.34 bits per heavy atom. The number of ether oxygens (including phenoxy) is 3. The van der Waals surface area contributed by atoms with Crippen molar-refractivity contribution in [1.82, 2.24) is 4.31 Å². The molecule has 4 rings (SSSR count). The zero-order valence-corrected chi connectivity index (χ0v) is 20.1. The van der Waals surface area contributed by atoms with Crippen LogP contribution in [0.3, 0.4) is 0 Å². The van der Waals surface area contributed by atoms with Gasteiger partial charge in [0, 0.05) is 37.0 Å². The Labute approximate surface area is 193 Å². The Bertz CT molecular complexity index is 1190. The number of benzene rings is 2. The molecular formula is C23H26ClNO6S. The quantitative estimate of drug-likeness (QED) is 0.654. The number of hydrogen-bond acceptors (Lipinski definition) is 6. The maximum Gasteiger partial charge on any atom is 0.243 e. The van der Waals surface area contributed by atoms with Crippen molar-refractivity contribution in [2.45, 2.75) is 43.6 Å². The standard InChI is InChI=1S/C23H26ClNO6S/c1-14-11-20-21(15(2)22(14)24)17(26)13-23(31-20)7-9-25(10-8-23)32(27,28)16-5-6-18(29-3)19(12-16)30-4/h5-6,11-12H,7-10,13H2,1-4H3. The molecule has 172 valence electrons. The van der Waals surface area contributed by atoms with E-state index in [1.807, 2.05) is 13.8 Å². The number of hydrogen-bond donors (Lipinski definition) is 0. The number of aryl methyl sites for hydroxylation is 1. The lowest BCUT2D eigenvalue weighted by molar-refractivity contribution is 0.00577. The molecule has 2 aromatic carbocycles. The van der Waals surface area contributed by atoms with E-state index in [0.717, 1.165) is 11.1 Å². The SMILES string of the molecule is COc1ccc(S(=O)(=O)N2CCC3(CC2)CC(=O)c2c(cc(C)c(Cl)c2C)O3)cc1OC. The maximum atomic E-state index is 13.2. The minimum Gasteiger partial charge on any atom is -0.493 e. The summed E-state index contributed by atoms with van der Waals surface area (Å²) in [6.07, 6.45) is 1.06. The monoisotopic (exact) mass is 479 g/mol. The molecule has 0 saturated carbocycles. The Morgan fingerprint density at radius 1 is 1.06 bits per heavy atom. The normalized spacial score (nSPS) is 18.2. The molecule has 0 atom stereocenters. The molecule has 2 aliphatic rings. The van der Waals surface area contributed by atoms with Crippen LogP contribution in [0, 0.1) is 13.8 Å². The summed E-state index contributed by atoms with van der Waals surface area (Å²) in [5.41, 5.74) is 1.41. The summed E-state index contributed by atoms with van der Waals surface area (Å²) in [4.78, 5) is 13.1. The highest BCUT2D eigenvalue weighted by atomic mass is 35.5. The van der Waals surface area contributed by atoms with E-state index in [4.69, 9.17) is 25.8 Å². The fourth-order valence-corrected chi connectivity index (χ4v) is 6.15. The second-order valence-corrected chi connectivity index (χ2v) is 10.6. The minimum absolute atomic E-state index is 0.0122. The summed E-state index contributed by atoms with van der Waals surface area (Å²) in [5, 5.41) is 0.576. The lowest BCUT2D eigenvalue weighted by Crippen LogP contribution is -2.52. The summed E-state index contributed by atoms with van der Waals surface area (Å²) in [6, 6.07) is 6.35. The number of rotatable bonds is 4. The number of halogens is 1. The largest absolute Gasteiger partial charge is 0.493 e. The Hall–Kier alpha value is -2.29. The molecule has 0 amide bonds. The van der Waals surface area contributed by atoms with Crippen LogP contribution in [0.5, 0.6) is 17.2 Å². The van der Waals surface area contributed by atoms with Gasteiger partial charge in [-0.05, 0) is 43.2 Å². The van der Waals surface area contributed by atoms with Gasteiger partial charge in [-0.1, -0.05) is 11.6 Å². The van der Waals surface area contributed by atoms with E-state index in [0.29, 0.717) is 40.7 Å². The van der Waals surface area contributed by atoms with Crippen LogP contribution < -0.4 is 14.2 Å². The van der Waals surface area contributed by atoms with Crippen molar-refractivity contribution in [1.29, 1.82) is 0 Å². The first-order valence-corrected chi connectivity index (χ1v) is 12.2. The number of carbonyl (C=O) groups is 1. The van der Waals surface area contributed by atoms with Crippen LogP contribution in [-0.4, -0.2) is 51.4 Å². The molecular weight excluding hydrogens is 454 g/mol. The number of nitrogens with zero attached hydrogens (tertiary/aromatic N) is 1. The Kier molecular flexibility index (Phi) is 5.90. The second kappa shape index (κ2) is 8.24. The molecule has 0 aromatic heterocycles. The Morgan fingerprint density at radius 2 is 1.72 bits per heavy atom. The van der Waals surface area contributed by atoms with Gasteiger partial charge in [0.25, 0.3) is 0 Å². The summed E-state index contributed by atoms with van der Waals surface area (Å²) < 4.78 is 44.7. The molecule has 0 bridgehead atoms. The summed E-state index contributed by atoms with van der Waals surface area (Å²) in [6.45, 7) is 4.21. The molecule has 2 heterocycles.